The minimum atomic E-state index is 1.02. The van der Waals surface area contributed by atoms with Crippen molar-refractivity contribution in [1.29, 1.82) is 0 Å². The summed E-state index contributed by atoms with van der Waals surface area (Å²) in [5.41, 5.74) is 2.71. The second-order valence-electron chi connectivity index (χ2n) is 5.30. The Morgan fingerprint density at radius 1 is 1.10 bits per heavy atom. The molecule has 0 fully saturated rings. The first-order valence-electron chi connectivity index (χ1n) is 7.21. The summed E-state index contributed by atoms with van der Waals surface area (Å²) in [4.78, 5) is 3.83. The van der Waals surface area contributed by atoms with Crippen LogP contribution in [-0.2, 0) is 13.0 Å². The summed E-state index contributed by atoms with van der Waals surface area (Å²) >= 11 is 1.84. The Bertz CT molecular complexity index is 476. The lowest BCUT2D eigenvalue weighted by atomic mass is 10.1. The van der Waals surface area contributed by atoms with Crippen molar-refractivity contribution in [3.05, 3.63) is 57.8 Å². The molecule has 0 spiro atoms. The Morgan fingerprint density at radius 2 is 1.90 bits per heavy atom. The molecule has 20 heavy (non-hydrogen) atoms. The molecule has 0 aliphatic rings. The fourth-order valence-electron chi connectivity index (χ4n) is 2.15. The standard InChI is InChI=1S/C17H24N2S/c1-15-5-7-16(8-6-15)14-19(2)12-11-18-10-9-17-4-3-13-20-17/h3-8,13,18H,9-12,14H2,1-2H3. The topological polar surface area (TPSA) is 15.3 Å². The lowest BCUT2D eigenvalue weighted by Crippen LogP contribution is -2.30. The molecular weight excluding hydrogens is 264 g/mol. The van der Waals surface area contributed by atoms with Gasteiger partial charge in [-0.15, -0.1) is 11.3 Å². The predicted molar refractivity (Wildman–Crippen MR) is 88.4 cm³/mol. The highest BCUT2D eigenvalue weighted by molar-refractivity contribution is 7.09. The van der Waals surface area contributed by atoms with Crippen molar-refractivity contribution in [3.8, 4) is 0 Å². The molecule has 0 aliphatic carbocycles. The van der Waals surface area contributed by atoms with Crippen molar-refractivity contribution in [3.63, 3.8) is 0 Å². The van der Waals surface area contributed by atoms with Crippen LogP contribution < -0.4 is 5.32 Å². The molecule has 2 rings (SSSR count). The average molecular weight is 288 g/mol. The monoisotopic (exact) mass is 288 g/mol. The lowest BCUT2D eigenvalue weighted by molar-refractivity contribution is 0.325. The largest absolute Gasteiger partial charge is 0.315 e. The smallest absolute Gasteiger partial charge is 0.0231 e. The minimum Gasteiger partial charge on any atom is -0.315 e. The van der Waals surface area contributed by atoms with Gasteiger partial charge in [-0.1, -0.05) is 35.9 Å². The molecule has 0 saturated carbocycles. The van der Waals surface area contributed by atoms with Crippen LogP contribution in [0.3, 0.4) is 0 Å². The third kappa shape index (κ3) is 5.45. The van der Waals surface area contributed by atoms with Crippen molar-refractivity contribution in [1.82, 2.24) is 10.2 Å². The van der Waals surface area contributed by atoms with Crippen molar-refractivity contribution in [2.75, 3.05) is 26.7 Å². The maximum atomic E-state index is 3.51. The minimum absolute atomic E-state index is 1.02. The van der Waals surface area contributed by atoms with Gasteiger partial charge in [-0.25, -0.2) is 0 Å². The normalized spacial score (nSPS) is 11.2. The van der Waals surface area contributed by atoms with Crippen molar-refractivity contribution in [2.24, 2.45) is 0 Å². The van der Waals surface area contributed by atoms with Crippen LogP contribution >= 0.6 is 11.3 Å². The highest BCUT2D eigenvalue weighted by Gasteiger charge is 2.00. The van der Waals surface area contributed by atoms with E-state index in [2.05, 4.69) is 66.0 Å². The summed E-state index contributed by atoms with van der Waals surface area (Å²) in [5.74, 6) is 0. The van der Waals surface area contributed by atoms with E-state index in [1.165, 1.54) is 16.0 Å². The number of hydrogen-bond acceptors (Lipinski definition) is 3. The molecule has 0 aliphatic heterocycles. The summed E-state index contributed by atoms with van der Waals surface area (Å²) in [5, 5.41) is 5.66. The van der Waals surface area contributed by atoms with Crippen LogP contribution in [-0.4, -0.2) is 31.6 Å². The summed E-state index contributed by atoms with van der Waals surface area (Å²) in [6.45, 7) is 6.35. The zero-order chi connectivity index (χ0) is 14.2. The first-order chi connectivity index (χ1) is 9.74. The predicted octanol–water partition coefficient (Wildman–Crippen LogP) is 3.32. The molecule has 1 heterocycles. The Morgan fingerprint density at radius 3 is 2.60 bits per heavy atom. The van der Waals surface area contributed by atoms with Crippen LogP contribution in [0.5, 0.6) is 0 Å². The molecule has 2 nitrogen and oxygen atoms in total. The molecule has 1 N–H and O–H groups in total. The molecule has 0 amide bonds. The van der Waals surface area contributed by atoms with Crippen LogP contribution in [0.2, 0.25) is 0 Å². The van der Waals surface area contributed by atoms with Gasteiger partial charge >= 0.3 is 0 Å². The van der Waals surface area contributed by atoms with E-state index in [-0.39, 0.29) is 0 Å². The van der Waals surface area contributed by atoms with Crippen LogP contribution in [0.25, 0.3) is 0 Å². The summed E-state index contributed by atoms with van der Waals surface area (Å²) < 4.78 is 0. The fourth-order valence-corrected chi connectivity index (χ4v) is 2.85. The molecule has 1 aromatic heterocycles. The van der Waals surface area contributed by atoms with E-state index >= 15 is 0 Å². The van der Waals surface area contributed by atoms with E-state index < -0.39 is 0 Å². The fraction of sp³-hybridized carbons (Fsp3) is 0.412. The number of likely N-dealkylation sites (N-methyl/N-ethyl adjacent to an activating group) is 1. The molecule has 0 atom stereocenters. The van der Waals surface area contributed by atoms with Gasteiger partial charge in [0.2, 0.25) is 0 Å². The molecule has 1 aromatic carbocycles. The zero-order valence-electron chi connectivity index (χ0n) is 12.4. The van der Waals surface area contributed by atoms with Crippen LogP contribution in [0.15, 0.2) is 41.8 Å². The van der Waals surface area contributed by atoms with E-state index in [0.29, 0.717) is 0 Å². The van der Waals surface area contributed by atoms with E-state index in [9.17, 15) is 0 Å². The third-order valence-corrected chi connectivity index (χ3v) is 4.31. The zero-order valence-corrected chi connectivity index (χ0v) is 13.2. The quantitative estimate of drug-likeness (QED) is 0.750. The second kappa shape index (κ2) is 8.20. The lowest BCUT2D eigenvalue weighted by Gasteiger charge is -2.17. The van der Waals surface area contributed by atoms with Gasteiger partial charge in [0.05, 0.1) is 0 Å². The SMILES string of the molecule is Cc1ccc(CN(C)CCNCCc2cccs2)cc1. The van der Waals surface area contributed by atoms with E-state index in [4.69, 9.17) is 0 Å². The van der Waals surface area contributed by atoms with Gasteiger partial charge in [0.1, 0.15) is 0 Å². The number of rotatable bonds is 8. The first-order valence-corrected chi connectivity index (χ1v) is 8.09. The molecular formula is C17H24N2S. The maximum Gasteiger partial charge on any atom is 0.0231 e. The Balaban J connectivity index is 1.58. The number of benzene rings is 1. The van der Waals surface area contributed by atoms with Gasteiger partial charge in [-0.2, -0.15) is 0 Å². The van der Waals surface area contributed by atoms with Crippen molar-refractivity contribution in [2.45, 2.75) is 19.9 Å². The van der Waals surface area contributed by atoms with Gasteiger partial charge in [-0.05, 0) is 37.4 Å². The highest BCUT2D eigenvalue weighted by Crippen LogP contribution is 2.08. The maximum absolute atomic E-state index is 3.51. The number of nitrogens with one attached hydrogen (secondary N) is 1. The van der Waals surface area contributed by atoms with E-state index in [1.807, 2.05) is 11.3 Å². The summed E-state index contributed by atoms with van der Waals surface area (Å²) in [6, 6.07) is 13.1. The summed E-state index contributed by atoms with van der Waals surface area (Å²) in [6.07, 6.45) is 1.14. The van der Waals surface area contributed by atoms with E-state index in [0.717, 1.165) is 32.6 Å². The molecule has 0 unspecified atom stereocenters. The summed E-state index contributed by atoms with van der Waals surface area (Å²) in [7, 11) is 2.18. The van der Waals surface area contributed by atoms with Gasteiger partial charge in [0.15, 0.2) is 0 Å². The van der Waals surface area contributed by atoms with Crippen LogP contribution in [0.4, 0.5) is 0 Å². The van der Waals surface area contributed by atoms with Crippen molar-refractivity contribution < 1.29 is 0 Å². The Labute approximate surface area is 126 Å². The third-order valence-electron chi connectivity index (χ3n) is 3.37. The number of nitrogens with zero attached hydrogens (tertiary/aromatic N) is 1. The molecule has 2 aromatic rings. The van der Waals surface area contributed by atoms with Crippen molar-refractivity contribution >= 4 is 11.3 Å². The average Bonchev–Trinajstić information content (AvgIpc) is 2.94. The van der Waals surface area contributed by atoms with Gasteiger partial charge in [0.25, 0.3) is 0 Å². The molecule has 0 radical (unpaired) electrons. The molecule has 3 heteroatoms. The molecule has 108 valence electrons. The Hall–Kier alpha value is -1.16. The number of aryl methyl sites for hydroxylation is 1. The molecule has 0 saturated heterocycles. The van der Waals surface area contributed by atoms with Crippen LogP contribution in [0.1, 0.15) is 16.0 Å². The number of thiophene rings is 1. The van der Waals surface area contributed by atoms with Gasteiger partial charge in [-0.3, -0.25) is 0 Å². The highest BCUT2D eigenvalue weighted by atomic mass is 32.1. The second-order valence-corrected chi connectivity index (χ2v) is 6.33. The molecule has 0 bridgehead atoms. The van der Waals surface area contributed by atoms with E-state index in [1.54, 1.807) is 0 Å². The van der Waals surface area contributed by atoms with Gasteiger partial charge in [0, 0.05) is 31.1 Å². The van der Waals surface area contributed by atoms with Crippen LogP contribution in [0, 0.1) is 6.92 Å². The Kier molecular flexibility index (Phi) is 6.25. The van der Waals surface area contributed by atoms with Gasteiger partial charge < -0.3 is 10.2 Å². The first kappa shape index (κ1) is 15.2. The number of hydrogen-bond donors (Lipinski definition) is 1.